The second-order valence-electron chi connectivity index (χ2n) is 4.88. The number of hydrogen-bond acceptors (Lipinski definition) is 5. The summed E-state index contributed by atoms with van der Waals surface area (Å²) in [7, 11) is -1.66. The van der Waals surface area contributed by atoms with Gasteiger partial charge in [0.25, 0.3) is 0 Å². The minimum atomic E-state index is -3.50. The van der Waals surface area contributed by atoms with Crippen molar-refractivity contribution in [1.82, 2.24) is 19.8 Å². The molecule has 20 heavy (non-hydrogen) atoms. The number of aromatic nitrogens is 2. The second kappa shape index (κ2) is 7.16. The van der Waals surface area contributed by atoms with Crippen molar-refractivity contribution >= 4 is 10.0 Å². The van der Waals surface area contributed by atoms with E-state index in [1.807, 2.05) is 7.05 Å². The van der Waals surface area contributed by atoms with E-state index in [9.17, 15) is 8.42 Å². The third-order valence-corrected chi connectivity index (χ3v) is 4.66. The van der Waals surface area contributed by atoms with Gasteiger partial charge < -0.3 is 10.1 Å². The van der Waals surface area contributed by atoms with Crippen molar-refractivity contribution in [2.24, 2.45) is 0 Å². The zero-order valence-electron chi connectivity index (χ0n) is 11.7. The summed E-state index contributed by atoms with van der Waals surface area (Å²) >= 11 is 0. The molecule has 0 aromatic carbocycles. The number of sulfonamides is 1. The molecule has 114 valence electrons. The number of ether oxygens (including phenoxy) is 1. The molecule has 7 nitrogen and oxygen atoms in total. The van der Waals surface area contributed by atoms with Gasteiger partial charge in [-0.05, 0) is 26.3 Å². The van der Waals surface area contributed by atoms with Crippen LogP contribution >= 0.6 is 0 Å². The fourth-order valence-corrected chi connectivity index (χ4v) is 3.10. The Morgan fingerprint density at radius 1 is 1.50 bits per heavy atom. The van der Waals surface area contributed by atoms with E-state index in [1.54, 1.807) is 10.9 Å². The normalized spacial score (nSPS) is 20.1. The molecule has 1 aliphatic rings. The van der Waals surface area contributed by atoms with E-state index in [1.165, 1.54) is 6.20 Å². The van der Waals surface area contributed by atoms with Crippen molar-refractivity contribution in [3.8, 4) is 0 Å². The summed E-state index contributed by atoms with van der Waals surface area (Å²) in [5.74, 6) is 0. The second-order valence-corrected chi connectivity index (χ2v) is 6.65. The molecule has 0 bridgehead atoms. The quantitative estimate of drug-likeness (QED) is 0.737. The third-order valence-electron chi connectivity index (χ3n) is 3.29. The minimum absolute atomic E-state index is 0.0159. The van der Waals surface area contributed by atoms with Crippen LogP contribution in [0.5, 0.6) is 0 Å². The molecule has 2 N–H and O–H groups in total. The average Bonchev–Trinajstić information content (AvgIpc) is 2.94. The zero-order valence-corrected chi connectivity index (χ0v) is 12.5. The summed E-state index contributed by atoms with van der Waals surface area (Å²) in [6.45, 7) is 2.42. The molecule has 0 saturated carbocycles. The Morgan fingerprint density at radius 3 is 3.05 bits per heavy atom. The lowest BCUT2D eigenvalue weighted by Crippen LogP contribution is -2.35. The van der Waals surface area contributed by atoms with Crippen molar-refractivity contribution in [2.75, 3.05) is 26.7 Å². The largest absolute Gasteiger partial charge is 0.377 e. The van der Waals surface area contributed by atoms with Crippen LogP contribution in [0, 0.1) is 0 Å². The first kappa shape index (κ1) is 15.4. The van der Waals surface area contributed by atoms with Crippen molar-refractivity contribution in [1.29, 1.82) is 0 Å². The van der Waals surface area contributed by atoms with E-state index >= 15 is 0 Å². The molecule has 1 fully saturated rings. The van der Waals surface area contributed by atoms with Gasteiger partial charge in [-0.2, -0.15) is 5.10 Å². The average molecular weight is 302 g/mol. The van der Waals surface area contributed by atoms with E-state index in [4.69, 9.17) is 4.74 Å². The molecular formula is C12H22N4O3S. The number of nitrogens with one attached hydrogen (secondary N) is 2. The number of likely N-dealkylation sites (N-methyl/N-ethyl adjacent to an activating group) is 1. The fraction of sp³-hybridized carbons (Fsp3) is 0.750. The SMILES string of the molecule is CNCCn1cc(S(=O)(=O)NCC2CCCCO2)cn1. The molecule has 1 aromatic heterocycles. The van der Waals surface area contributed by atoms with E-state index < -0.39 is 10.0 Å². The fourth-order valence-electron chi connectivity index (χ4n) is 2.09. The molecule has 0 spiro atoms. The maximum Gasteiger partial charge on any atom is 0.243 e. The minimum Gasteiger partial charge on any atom is -0.377 e. The highest BCUT2D eigenvalue weighted by Gasteiger charge is 2.20. The smallest absolute Gasteiger partial charge is 0.243 e. The predicted octanol–water partition coefficient (Wildman–Crippen LogP) is -0.0501. The van der Waals surface area contributed by atoms with Gasteiger partial charge >= 0.3 is 0 Å². The Hall–Kier alpha value is -0.960. The first-order chi connectivity index (χ1) is 9.62. The zero-order chi connectivity index (χ0) is 14.4. The van der Waals surface area contributed by atoms with Crippen LogP contribution in [0.15, 0.2) is 17.3 Å². The van der Waals surface area contributed by atoms with Crippen LogP contribution in [0.3, 0.4) is 0 Å². The van der Waals surface area contributed by atoms with E-state index in [0.29, 0.717) is 19.7 Å². The molecule has 2 heterocycles. The van der Waals surface area contributed by atoms with Crippen LogP contribution in [-0.2, 0) is 21.3 Å². The van der Waals surface area contributed by atoms with Gasteiger partial charge in [0, 0.05) is 25.9 Å². The standard InChI is InChI=1S/C12H22N4O3S/c1-13-5-6-16-10-12(9-14-16)20(17,18)15-8-11-4-2-3-7-19-11/h9-11,13,15H,2-8H2,1H3. The summed E-state index contributed by atoms with van der Waals surface area (Å²) in [6.07, 6.45) is 5.96. The summed E-state index contributed by atoms with van der Waals surface area (Å²) in [4.78, 5) is 0.199. The van der Waals surface area contributed by atoms with E-state index in [0.717, 1.165) is 25.8 Å². The molecule has 0 amide bonds. The highest BCUT2D eigenvalue weighted by molar-refractivity contribution is 7.89. The summed E-state index contributed by atoms with van der Waals surface area (Å²) in [6, 6.07) is 0. The van der Waals surface area contributed by atoms with E-state index in [-0.39, 0.29) is 11.0 Å². The van der Waals surface area contributed by atoms with Crippen LogP contribution in [0.4, 0.5) is 0 Å². The first-order valence-corrected chi connectivity index (χ1v) is 8.38. The van der Waals surface area contributed by atoms with Crippen molar-refractivity contribution in [2.45, 2.75) is 36.8 Å². The Morgan fingerprint density at radius 2 is 2.35 bits per heavy atom. The van der Waals surface area contributed by atoms with Crippen LogP contribution in [0.25, 0.3) is 0 Å². The van der Waals surface area contributed by atoms with Gasteiger partial charge in [0.2, 0.25) is 10.0 Å². The molecule has 1 unspecified atom stereocenters. The van der Waals surface area contributed by atoms with Crippen molar-refractivity contribution in [3.63, 3.8) is 0 Å². The molecule has 0 aliphatic carbocycles. The monoisotopic (exact) mass is 302 g/mol. The van der Waals surface area contributed by atoms with Crippen LogP contribution in [-0.4, -0.2) is 51.0 Å². The van der Waals surface area contributed by atoms with Gasteiger partial charge in [0.1, 0.15) is 4.90 Å². The number of nitrogens with zero attached hydrogens (tertiary/aromatic N) is 2. The van der Waals surface area contributed by atoms with Crippen molar-refractivity contribution < 1.29 is 13.2 Å². The lowest BCUT2D eigenvalue weighted by molar-refractivity contribution is 0.0200. The summed E-state index contributed by atoms with van der Waals surface area (Å²) < 4.78 is 34.0. The molecule has 1 saturated heterocycles. The lowest BCUT2D eigenvalue weighted by Gasteiger charge is -2.22. The topological polar surface area (TPSA) is 85.2 Å². The Balaban J connectivity index is 1.90. The maximum absolute atomic E-state index is 12.1. The lowest BCUT2D eigenvalue weighted by atomic mass is 10.1. The number of rotatable bonds is 7. The third kappa shape index (κ3) is 4.27. The van der Waals surface area contributed by atoms with E-state index in [2.05, 4.69) is 15.1 Å². The first-order valence-electron chi connectivity index (χ1n) is 6.90. The van der Waals surface area contributed by atoms with Crippen LogP contribution in [0.1, 0.15) is 19.3 Å². The van der Waals surface area contributed by atoms with Gasteiger partial charge in [-0.3, -0.25) is 4.68 Å². The molecule has 0 radical (unpaired) electrons. The van der Waals surface area contributed by atoms with Crippen molar-refractivity contribution in [3.05, 3.63) is 12.4 Å². The number of hydrogen-bond donors (Lipinski definition) is 2. The van der Waals surface area contributed by atoms with Gasteiger partial charge in [-0.25, -0.2) is 13.1 Å². The molecule has 1 aliphatic heterocycles. The molecule has 1 aromatic rings. The maximum atomic E-state index is 12.1. The predicted molar refractivity (Wildman–Crippen MR) is 74.9 cm³/mol. The molecule has 1 atom stereocenters. The van der Waals surface area contributed by atoms with Crippen LogP contribution in [0.2, 0.25) is 0 Å². The van der Waals surface area contributed by atoms with Gasteiger partial charge in [-0.1, -0.05) is 0 Å². The summed E-state index contributed by atoms with van der Waals surface area (Å²) in [5, 5.41) is 7.03. The Bertz CT molecular complexity index is 509. The Kier molecular flexibility index (Phi) is 5.53. The molecule has 2 rings (SSSR count). The highest BCUT2D eigenvalue weighted by atomic mass is 32.2. The molecular weight excluding hydrogens is 280 g/mol. The van der Waals surface area contributed by atoms with Gasteiger partial charge in [0.05, 0.1) is 18.8 Å². The highest BCUT2D eigenvalue weighted by Crippen LogP contribution is 2.13. The summed E-state index contributed by atoms with van der Waals surface area (Å²) in [5.41, 5.74) is 0. The Labute approximate surface area is 119 Å². The molecule has 8 heteroatoms. The van der Waals surface area contributed by atoms with Crippen LogP contribution < -0.4 is 10.0 Å². The van der Waals surface area contributed by atoms with Gasteiger partial charge in [-0.15, -0.1) is 0 Å². The van der Waals surface area contributed by atoms with Gasteiger partial charge in [0.15, 0.2) is 0 Å².